The smallest absolute Gasteiger partial charge is 0.235 e. The minimum absolute atomic E-state index is 0.0430. The van der Waals surface area contributed by atoms with E-state index in [0.29, 0.717) is 27.4 Å². The van der Waals surface area contributed by atoms with Crippen LogP contribution < -0.4 is 10.6 Å². The van der Waals surface area contributed by atoms with Crippen molar-refractivity contribution in [1.29, 1.82) is 0 Å². The zero-order chi connectivity index (χ0) is 27.0. The number of ketones is 4. The second-order valence-electron chi connectivity index (χ2n) is 10.3. The minimum Gasteiger partial charge on any atom is -0.507 e. The summed E-state index contributed by atoms with van der Waals surface area (Å²) in [4.78, 5) is 66.7. The number of carbonyl (C=O) groups is 5. The van der Waals surface area contributed by atoms with Crippen LogP contribution in [0.2, 0.25) is 5.02 Å². The van der Waals surface area contributed by atoms with Crippen LogP contribution in [0.3, 0.4) is 0 Å². The number of halogens is 1. The van der Waals surface area contributed by atoms with E-state index >= 15 is 0 Å². The highest BCUT2D eigenvalue weighted by Gasteiger charge is 2.66. The molecule has 1 amide bonds. The Kier molecular flexibility index (Phi) is 5.76. The fourth-order valence-electron chi connectivity index (χ4n) is 6.26. The molecule has 0 aromatic heterocycles. The number of hydrogen-bond donors (Lipinski definition) is 3. The molecule has 5 atom stereocenters. The average molecular weight is 525 g/mol. The van der Waals surface area contributed by atoms with Crippen LogP contribution in [0.1, 0.15) is 28.8 Å². The van der Waals surface area contributed by atoms with Crippen molar-refractivity contribution < 1.29 is 34.2 Å². The number of carbonyl (C=O) groups excluding carboxylic acids is 5. The van der Waals surface area contributed by atoms with Gasteiger partial charge >= 0.3 is 0 Å². The lowest BCUT2D eigenvalue weighted by Gasteiger charge is -2.48. The van der Waals surface area contributed by atoms with E-state index < -0.39 is 58.3 Å². The molecule has 0 saturated heterocycles. The van der Waals surface area contributed by atoms with Crippen LogP contribution in [0.25, 0.3) is 11.1 Å². The summed E-state index contributed by atoms with van der Waals surface area (Å²) in [5.41, 5.74) is 4.69. The number of anilines is 1. The van der Waals surface area contributed by atoms with Crippen molar-refractivity contribution >= 4 is 46.3 Å². The Labute approximate surface area is 217 Å². The van der Waals surface area contributed by atoms with Crippen molar-refractivity contribution in [2.24, 2.45) is 29.4 Å². The normalized spacial score (nSPS) is 28.9. The summed E-state index contributed by atoms with van der Waals surface area (Å²) >= 11 is 6.01. The van der Waals surface area contributed by atoms with E-state index in [2.05, 4.69) is 0 Å². The van der Waals surface area contributed by atoms with Gasteiger partial charge < -0.3 is 20.8 Å². The molecule has 0 aliphatic heterocycles. The Bertz CT molecular complexity index is 1400. The Hall–Kier alpha value is -3.56. The molecule has 0 heterocycles. The van der Waals surface area contributed by atoms with Gasteiger partial charge in [0.15, 0.2) is 34.7 Å². The van der Waals surface area contributed by atoms with Crippen molar-refractivity contribution in [3.05, 3.63) is 46.5 Å². The molecule has 0 spiro atoms. The van der Waals surface area contributed by atoms with Gasteiger partial charge in [-0.2, -0.15) is 0 Å². The molecule has 0 bridgehead atoms. The summed E-state index contributed by atoms with van der Waals surface area (Å²) in [5, 5.41) is 23.1. The molecule has 37 heavy (non-hydrogen) atoms. The first-order chi connectivity index (χ1) is 17.4. The van der Waals surface area contributed by atoms with Gasteiger partial charge in [-0.25, -0.2) is 0 Å². The Balaban J connectivity index is 1.65. The summed E-state index contributed by atoms with van der Waals surface area (Å²) in [6.07, 6.45) is -0.103. The van der Waals surface area contributed by atoms with Crippen molar-refractivity contribution in [2.45, 2.75) is 24.9 Å². The molecule has 2 saturated carbocycles. The van der Waals surface area contributed by atoms with E-state index in [1.54, 1.807) is 49.3 Å². The van der Waals surface area contributed by atoms with Gasteiger partial charge in [0.1, 0.15) is 5.75 Å². The third kappa shape index (κ3) is 3.52. The highest BCUT2D eigenvalue weighted by Crippen LogP contribution is 2.52. The van der Waals surface area contributed by atoms with Gasteiger partial charge in [-0.05, 0) is 48.1 Å². The predicted octanol–water partition coefficient (Wildman–Crippen LogP) is 1.71. The molecule has 2 unspecified atom stereocenters. The van der Waals surface area contributed by atoms with Crippen molar-refractivity contribution in [1.82, 2.24) is 0 Å². The zero-order valence-corrected chi connectivity index (χ0v) is 20.9. The molecule has 9 nitrogen and oxygen atoms in total. The summed E-state index contributed by atoms with van der Waals surface area (Å²) in [6.45, 7) is 0. The molecule has 3 aliphatic carbocycles. The van der Waals surface area contributed by atoms with E-state index in [0.717, 1.165) is 0 Å². The Morgan fingerprint density at radius 2 is 1.73 bits per heavy atom. The summed E-state index contributed by atoms with van der Waals surface area (Å²) < 4.78 is 0. The van der Waals surface area contributed by atoms with Crippen molar-refractivity contribution in [2.75, 3.05) is 19.0 Å². The second kappa shape index (κ2) is 8.49. The van der Waals surface area contributed by atoms with Crippen LogP contribution in [-0.2, 0) is 25.6 Å². The van der Waals surface area contributed by atoms with E-state index in [1.165, 1.54) is 0 Å². The van der Waals surface area contributed by atoms with E-state index in [1.807, 2.05) is 0 Å². The third-order valence-electron chi connectivity index (χ3n) is 8.02. The van der Waals surface area contributed by atoms with Gasteiger partial charge in [-0.3, -0.25) is 24.0 Å². The fourth-order valence-corrected chi connectivity index (χ4v) is 6.39. The third-order valence-corrected chi connectivity index (χ3v) is 8.27. The first kappa shape index (κ1) is 25.1. The predicted molar refractivity (Wildman–Crippen MR) is 133 cm³/mol. The molecule has 10 heteroatoms. The van der Waals surface area contributed by atoms with Crippen LogP contribution in [0.15, 0.2) is 30.3 Å². The van der Waals surface area contributed by atoms with E-state index in [9.17, 15) is 34.2 Å². The summed E-state index contributed by atoms with van der Waals surface area (Å²) in [7, 11) is 3.59. The van der Waals surface area contributed by atoms with E-state index in [4.69, 9.17) is 17.3 Å². The van der Waals surface area contributed by atoms with Crippen molar-refractivity contribution in [3.8, 4) is 16.9 Å². The van der Waals surface area contributed by atoms with Crippen LogP contribution in [0, 0.1) is 23.7 Å². The number of Topliss-reactive ketones (excluding diaryl/α,β-unsaturated/α-hetero) is 4. The molecule has 2 aromatic rings. The number of rotatable bonds is 3. The molecule has 3 aliphatic rings. The largest absolute Gasteiger partial charge is 0.507 e. The van der Waals surface area contributed by atoms with Crippen molar-refractivity contribution in [3.63, 3.8) is 0 Å². The van der Waals surface area contributed by atoms with Gasteiger partial charge in [0, 0.05) is 42.7 Å². The highest BCUT2D eigenvalue weighted by molar-refractivity contribution is 6.32. The van der Waals surface area contributed by atoms with Gasteiger partial charge in [-0.15, -0.1) is 0 Å². The number of phenolic OH excluding ortho intramolecular Hbond substituents is 1. The molecule has 2 aromatic carbocycles. The first-order valence-corrected chi connectivity index (χ1v) is 12.2. The fraction of sp³-hybridized carbons (Fsp3) is 0.370. The molecule has 2 fully saturated rings. The Morgan fingerprint density at radius 1 is 1.08 bits per heavy atom. The van der Waals surface area contributed by atoms with Crippen LogP contribution in [-0.4, -0.2) is 58.9 Å². The van der Waals surface area contributed by atoms with Gasteiger partial charge in [0.05, 0.1) is 11.5 Å². The van der Waals surface area contributed by atoms with Crippen LogP contribution in [0.5, 0.6) is 5.75 Å². The topological polar surface area (TPSA) is 155 Å². The Morgan fingerprint density at radius 3 is 2.32 bits per heavy atom. The lowest BCUT2D eigenvalue weighted by Crippen LogP contribution is -2.68. The minimum atomic E-state index is -2.67. The van der Waals surface area contributed by atoms with Crippen LogP contribution in [0.4, 0.5) is 5.69 Å². The number of nitrogens with zero attached hydrogens (tertiary/aromatic N) is 1. The van der Waals surface area contributed by atoms with Gasteiger partial charge in [-0.1, -0.05) is 23.7 Å². The number of primary amides is 1. The first-order valence-electron chi connectivity index (χ1n) is 11.9. The van der Waals surface area contributed by atoms with E-state index in [-0.39, 0.29) is 30.6 Å². The van der Waals surface area contributed by atoms with Gasteiger partial charge in [0.25, 0.3) is 0 Å². The quantitative estimate of drug-likeness (QED) is 0.512. The molecule has 0 radical (unpaired) electrons. The number of benzene rings is 2. The number of aromatic hydroxyl groups is 1. The zero-order valence-electron chi connectivity index (χ0n) is 20.2. The summed E-state index contributed by atoms with van der Waals surface area (Å²) in [5.74, 6) is -10.3. The number of aliphatic hydroxyl groups is 1. The maximum atomic E-state index is 13.9. The molecular formula is C27H25ClN2O7. The molecular weight excluding hydrogens is 500 g/mol. The van der Waals surface area contributed by atoms with Gasteiger partial charge in [0.2, 0.25) is 5.91 Å². The standard InChI is InChI=1S/C27H25ClN2O7/c1-30(2)17-10-15(11-3-5-14(28)6-4-11)22(32)20-16(17)8-12-7-13-9-18(31)21(26(29)36)25(35)27(13,37)24(34)19(12)23(20)33/h3-6,10,12-13,19,21,32,37H,7-9H2,1-2H3,(H2,29,36)/t12-,13+,19?,21?,27+/m1/s1. The molecule has 192 valence electrons. The number of fused-ring (bicyclic) bond motifs is 3. The molecule has 4 N–H and O–H groups in total. The average Bonchev–Trinajstić information content (AvgIpc) is 2.82. The number of phenols is 1. The SMILES string of the molecule is CN(C)c1cc(-c2ccc(Cl)cc2)c(O)c2c1C[C@H]1C[C@H]3CC(=O)C(C(N)=O)C(=O)[C@@]3(O)C(=O)C1C2=O. The highest BCUT2D eigenvalue weighted by atomic mass is 35.5. The summed E-state index contributed by atoms with van der Waals surface area (Å²) in [6, 6.07) is 8.44. The number of amides is 1. The number of hydrogen-bond acceptors (Lipinski definition) is 8. The lowest BCUT2D eigenvalue weighted by atomic mass is 9.53. The number of nitrogens with two attached hydrogens (primary N) is 1. The maximum absolute atomic E-state index is 13.9. The molecule has 5 rings (SSSR count). The second-order valence-corrected chi connectivity index (χ2v) is 10.7. The monoisotopic (exact) mass is 524 g/mol. The van der Waals surface area contributed by atoms with Crippen LogP contribution >= 0.6 is 11.6 Å². The lowest BCUT2D eigenvalue weighted by molar-refractivity contribution is -0.175. The maximum Gasteiger partial charge on any atom is 0.235 e.